The van der Waals surface area contributed by atoms with Crippen LogP contribution in [0.1, 0.15) is 12.0 Å². The first-order chi connectivity index (χ1) is 9.61. The molecule has 1 aromatic carbocycles. The van der Waals surface area contributed by atoms with Crippen LogP contribution >= 0.6 is 0 Å². The second-order valence-electron chi connectivity index (χ2n) is 4.76. The van der Waals surface area contributed by atoms with Crippen molar-refractivity contribution < 1.29 is 19.4 Å². The predicted octanol–water partition coefficient (Wildman–Crippen LogP) is 1.71. The second-order valence-corrected chi connectivity index (χ2v) is 4.76. The van der Waals surface area contributed by atoms with Gasteiger partial charge < -0.3 is 20.1 Å². The summed E-state index contributed by atoms with van der Waals surface area (Å²) in [6.45, 7) is 0.418. The van der Waals surface area contributed by atoms with Crippen LogP contribution in [0, 0.1) is 0 Å². The van der Waals surface area contributed by atoms with Gasteiger partial charge in [-0.25, -0.2) is 9.59 Å². The Morgan fingerprint density at radius 3 is 2.70 bits per heavy atom. The largest absolute Gasteiger partial charge is 0.465 e. The Morgan fingerprint density at radius 2 is 2.10 bits per heavy atom. The van der Waals surface area contributed by atoms with Crippen LogP contribution < -0.4 is 5.32 Å². The number of nitrogens with zero attached hydrogens (tertiary/aromatic N) is 1. The average Bonchev–Trinajstić information content (AvgIpc) is 2.83. The van der Waals surface area contributed by atoms with E-state index >= 15 is 0 Å². The molecule has 6 nitrogen and oxygen atoms in total. The summed E-state index contributed by atoms with van der Waals surface area (Å²) in [6, 6.07) is 9.15. The molecule has 0 bridgehead atoms. The predicted molar refractivity (Wildman–Crippen MR) is 72.6 cm³/mol. The lowest BCUT2D eigenvalue weighted by molar-refractivity contribution is 0.133. The average molecular weight is 278 g/mol. The number of ether oxygens (including phenoxy) is 1. The lowest BCUT2D eigenvalue weighted by Crippen LogP contribution is -2.47. The number of amides is 2. The van der Waals surface area contributed by atoms with E-state index in [1.54, 1.807) is 0 Å². The SMILES string of the molecule is COC(=O)N[C@H]1CCN(C(=O)O)C1Cc1ccccc1. The van der Waals surface area contributed by atoms with Crippen LogP contribution in [0.25, 0.3) is 0 Å². The number of carbonyl (C=O) groups excluding carboxylic acids is 1. The molecular formula is C14H18N2O4. The minimum atomic E-state index is -0.958. The van der Waals surface area contributed by atoms with Crippen molar-refractivity contribution in [3.63, 3.8) is 0 Å². The van der Waals surface area contributed by atoms with E-state index in [1.165, 1.54) is 12.0 Å². The monoisotopic (exact) mass is 278 g/mol. The van der Waals surface area contributed by atoms with Gasteiger partial charge in [-0.1, -0.05) is 30.3 Å². The molecule has 0 spiro atoms. The topological polar surface area (TPSA) is 78.9 Å². The normalized spacial score (nSPS) is 21.6. The molecule has 0 radical (unpaired) electrons. The van der Waals surface area contributed by atoms with Gasteiger partial charge in [0.15, 0.2) is 0 Å². The van der Waals surface area contributed by atoms with Crippen LogP contribution in [0.15, 0.2) is 30.3 Å². The van der Waals surface area contributed by atoms with Crippen LogP contribution in [0.2, 0.25) is 0 Å². The molecule has 1 unspecified atom stereocenters. The summed E-state index contributed by atoms with van der Waals surface area (Å²) in [7, 11) is 1.30. The Bertz CT molecular complexity index is 477. The molecule has 20 heavy (non-hydrogen) atoms. The molecule has 2 N–H and O–H groups in total. The molecule has 2 atom stereocenters. The van der Waals surface area contributed by atoms with Gasteiger partial charge in [-0.3, -0.25) is 0 Å². The van der Waals surface area contributed by atoms with E-state index in [-0.39, 0.29) is 12.1 Å². The number of carbonyl (C=O) groups is 2. The summed E-state index contributed by atoms with van der Waals surface area (Å²) in [5, 5.41) is 12.0. The summed E-state index contributed by atoms with van der Waals surface area (Å²) in [5.74, 6) is 0. The van der Waals surface area contributed by atoms with Crippen molar-refractivity contribution in [2.45, 2.75) is 24.9 Å². The third-order valence-electron chi connectivity index (χ3n) is 3.57. The molecule has 0 aliphatic carbocycles. The summed E-state index contributed by atoms with van der Waals surface area (Å²) in [4.78, 5) is 24.0. The highest BCUT2D eigenvalue weighted by Gasteiger charge is 2.38. The van der Waals surface area contributed by atoms with Crippen molar-refractivity contribution in [2.75, 3.05) is 13.7 Å². The van der Waals surface area contributed by atoms with Crippen LogP contribution in [-0.4, -0.2) is 47.9 Å². The van der Waals surface area contributed by atoms with Crippen LogP contribution in [0.5, 0.6) is 0 Å². The smallest absolute Gasteiger partial charge is 0.407 e. The Balaban J connectivity index is 2.12. The quantitative estimate of drug-likeness (QED) is 0.882. The van der Waals surface area contributed by atoms with Crippen molar-refractivity contribution in [3.8, 4) is 0 Å². The number of hydrogen-bond donors (Lipinski definition) is 2. The molecule has 1 saturated heterocycles. The zero-order valence-electron chi connectivity index (χ0n) is 11.3. The molecule has 0 aromatic heterocycles. The van der Waals surface area contributed by atoms with Crippen LogP contribution in [-0.2, 0) is 11.2 Å². The van der Waals surface area contributed by atoms with Crippen LogP contribution in [0.4, 0.5) is 9.59 Å². The van der Waals surface area contributed by atoms with Crippen molar-refractivity contribution in [1.82, 2.24) is 10.2 Å². The summed E-state index contributed by atoms with van der Waals surface area (Å²) < 4.78 is 4.59. The van der Waals surface area contributed by atoms with E-state index in [0.29, 0.717) is 19.4 Å². The van der Waals surface area contributed by atoms with Crippen molar-refractivity contribution in [1.29, 1.82) is 0 Å². The maximum atomic E-state index is 11.3. The Hall–Kier alpha value is -2.24. The molecule has 2 rings (SSSR count). The zero-order chi connectivity index (χ0) is 14.5. The van der Waals surface area contributed by atoms with E-state index < -0.39 is 12.2 Å². The van der Waals surface area contributed by atoms with Gasteiger partial charge >= 0.3 is 12.2 Å². The van der Waals surface area contributed by atoms with Crippen molar-refractivity contribution in [3.05, 3.63) is 35.9 Å². The van der Waals surface area contributed by atoms with Crippen molar-refractivity contribution >= 4 is 12.2 Å². The molecule has 1 heterocycles. The standard InChI is InChI=1S/C14H18N2O4/c1-20-13(17)15-11-7-8-16(14(18)19)12(11)9-10-5-3-2-4-6-10/h2-6,11-12H,7-9H2,1H3,(H,15,17)(H,18,19)/t11-,12?/m0/s1. The highest BCUT2D eigenvalue weighted by Crippen LogP contribution is 2.22. The van der Waals surface area contributed by atoms with Gasteiger partial charge in [-0.2, -0.15) is 0 Å². The molecule has 1 aliphatic heterocycles. The molecule has 6 heteroatoms. The first-order valence-electron chi connectivity index (χ1n) is 6.50. The molecule has 2 amide bonds. The highest BCUT2D eigenvalue weighted by atomic mass is 16.5. The number of carboxylic acid groups (broad SMARTS) is 1. The lowest BCUT2D eigenvalue weighted by Gasteiger charge is -2.26. The van der Waals surface area contributed by atoms with Gasteiger partial charge in [0.05, 0.1) is 19.2 Å². The maximum Gasteiger partial charge on any atom is 0.407 e. The summed E-state index contributed by atoms with van der Waals surface area (Å²) in [6.07, 6.45) is -0.318. The highest BCUT2D eigenvalue weighted by molar-refractivity contribution is 5.69. The van der Waals surface area contributed by atoms with Gasteiger partial charge in [-0.05, 0) is 18.4 Å². The van der Waals surface area contributed by atoms with Gasteiger partial charge in [0, 0.05) is 6.54 Å². The van der Waals surface area contributed by atoms with E-state index in [2.05, 4.69) is 10.1 Å². The molecule has 1 fully saturated rings. The molecule has 1 aliphatic rings. The fourth-order valence-corrected chi connectivity index (χ4v) is 2.58. The second kappa shape index (κ2) is 6.27. The molecule has 0 saturated carbocycles. The minimum absolute atomic E-state index is 0.223. The Labute approximate surface area is 117 Å². The summed E-state index contributed by atoms with van der Waals surface area (Å²) in [5.41, 5.74) is 1.04. The number of benzene rings is 1. The third kappa shape index (κ3) is 3.20. The first kappa shape index (κ1) is 14.2. The third-order valence-corrected chi connectivity index (χ3v) is 3.57. The molecule has 108 valence electrons. The fourth-order valence-electron chi connectivity index (χ4n) is 2.58. The lowest BCUT2D eigenvalue weighted by atomic mass is 10.0. The van der Waals surface area contributed by atoms with Crippen LogP contribution in [0.3, 0.4) is 0 Å². The number of alkyl carbamates (subject to hydrolysis) is 1. The van der Waals surface area contributed by atoms with E-state index in [0.717, 1.165) is 5.56 Å². The number of methoxy groups -OCH3 is 1. The number of likely N-dealkylation sites (tertiary alicyclic amines) is 1. The zero-order valence-corrected chi connectivity index (χ0v) is 11.3. The Kier molecular flexibility index (Phi) is 4.45. The molecular weight excluding hydrogens is 260 g/mol. The van der Waals surface area contributed by atoms with Gasteiger partial charge in [0.2, 0.25) is 0 Å². The van der Waals surface area contributed by atoms with Gasteiger partial charge in [-0.15, -0.1) is 0 Å². The van der Waals surface area contributed by atoms with E-state index in [1.807, 2.05) is 30.3 Å². The number of rotatable bonds is 3. The van der Waals surface area contributed by atoms with E-state index in [4.69, 9.17) is 0 Å². The van der Waals surface area contributed by atoms with Gasteiger partial charge in [0.25, 0.3) is 0 Å². The van der Waals surface area contributed by atoms with Crippen molar-refractivity contribution in [2.24, 2.45) is 0 Å². The minimum Gasteiger partial charge on any atom is -0.465 e. The molecule has 1 aromatic rings. The number of nitrogens with one attached hydrogen (secondary N) is 1. The van der Waals surface area contributed by atoms with Gasteiger partial charge in [0.1, 0.15) is 0 Å². The van der Waals surface area contributed by atoms with E-state index in [9.17, 15) is 14.7 Å². The fraction of sp³-hybridized carbons (Fsp3) is 0.429. The maximum absolute atomic E-state index is 11.3. The first-order valence-corrected chi connectivity index (χ1v) is 6.50. The number of hydrogen-bond acceptors (Lipinski definition) is 3. The Morgan fingerprint density at radius 1 is 1.40 bits per heavy atom. The summed E-state index contributed by atoms with van der Waals surface area (Å²) >= 11 is 0.